The highest BCUT2D eigenvalue weighted by Gasteiger charge is 2.04. The summed E-state index contributed by atoms with van der Waals surface area (Å²) in [5, 5.41) is 16.3. The Hall–Kier alpha value is -1.10. The molecule has 0 amide bonds. The summed E-state index contributed by atoms with van der Waals surface area (Å²) < 4.78 is 1.12. The Morgan fingerprint density at radius 2 is 0.893 bits per heavy atom. The van der Waals surface area contributed by atoms with Crippen molar-refractivity contribution in [1.29, 1.82) is 0 Å². The molecule has 5 nitrogen and oxygen atoms in total. The highest BCUT2D eigenvalue weighted by Crippen LogP contribution is 2.13. The van der Waals surface area contributed by atoms with E-state index in [0.717, 1.165) is 4.48 Å². The van der Waals surface area contributed by atoms with Gasteiger partial charge in [0.05, 0.1) is 27.7 Å². The lowest BCUT2D eigenvalue weighted by Crippen LogP contribution is -2.35. The number of quaternary nitrogens is 1. The van der Waals surface area contributed by atoms with E-state index in [9.17, 15) is 0 Å². The van der Waals surface area contributed by atoms with Crippen LogP contribution in [0.5, 0.6) is 0 Å². The van der Waals surface area contributed by atoms with Crippen LogP contribution in [0.3, 0.4) is 0 Å². The maximum atomic E-state index is 9.04. The first-order chi connectivity index (χ1) is 13.2. The first-order valence-corrected chi connectivity index (χ1v) is 11.5. The summed E-state index contributed by atoms with van der Waals surface area (Å²) in [5.41, 5.74) is 0. The van der Waals surface area contributed by atoms with Crippen LogP contribution in [-0.4, -0.2) is 49.2 Å². The molecule has 0 atom stereocenters. The first-order valence-electron chi connectivity index (χ1n) is 11.5. The van der Waals surface area contributed by atoms with Crippen LogP contribution >= 0.6 is 0 Å². The SMILES string of the molecule is CCCCCCCCCCCCCCCCCC[N+](C)(C)C.O=C([O-])C(=O)O. The summed E-state index contributed by atoms with van der Waals surface area (Å²) in [6.07, 6.45) is 23.4. The van der Waals surface area contributed by atoms with Crippen LogP contribution in [0.25, 0.3) is 0 Å². The zero-order chi connectivity index (χ0) is 21.7. The molecule has 168 valence electrons. The Kier molecular flexibility index (Phi) is 21.4. The van der Waals surface area contributed by atoms with Crippen molar-refractivity contribution in [2.45, 2.75) is 110 Å². The smallest absolute Gasteiger partial charge is 0.351 e. The average molecular weight is 402 g/mol. The van der Waals surface area contributed by atoms with Gasteiger partial charge in [-0.25, -0.2) is 4.79 Å². The van der Waals surface area contributed by atoms with E-state index < -0.39 is 11.9 Å². The van der Waals surface area contributed by atoms with E-state index in [2.05, 4.69) is 28.1 Å². The molecule has 0 aliphatic rings. The molecule has 0 aromatic carbocycles. The Bertz CT molecular complexity index is 352. The number of aliphatic carboxylic acids is 2. The second-order valence-electron chi connectivity index (χ2n) is 8.91. The molecule has 1 N–H and O–H groups in total. The van der Waals surface area contributed by atoms with Gasteiger partial charge >= 0.3 is 5.97 Å². The van der Waals surface area contributed by atoms with Gasteiger partial charge in [-0.15, -0.1) is 0 Å². The highest BCUT2D eigenvalue weighted by atomic mass is 16.4. The summed E-state index contributed by atoms with van der Waals surface area (Å²) >= 11 is 0. The third-order valence-corrected chi connectivity index (χ3v) is 4.86. The average Bonchev–Trinajstić information content (AvgIpc) is 2.61. The molecule has 0 aromatic heterocycles. The number of rotatable bonds is 17. The number of hydrogen-bond donors (Lipinski definition) is 1. The van der Waals surface area contributed by atoms with Crippen LogP contribution in [-0.2, 0) is 9.59 Å². The second-order valence-corrected chi connectivity index (χ2v) is 8.91. The number of hydrogen-bond acceptors (Lipinski definition) is 3. The lowest BCUT2D eigenvalue weighted by atomic mass is 10.0. The van der Waals surface area contributed by atoms with Gasteiger partial charge in [0, 0.05) is 0 Å². The third kappa shape index (κ3) is 29.7. The van der Waals surface area contributed by atoms with Crippen molar-refractivity contribution in [3.63, 3.8) is 0 Å². The Balaban J connectivity index is 0. The van der Waals surface area contributed by atoms with Crippen molar-refractivity contribution in [3.8, 4) is 0 Å². The normalized spacial score (nSPS) is 11.0. The minimum atomic E-state index is -2.07. The Morgan fingerprint density at radius 3 is 1.11 bits per heavy atom. The molecule has 0 unspecified atom stereocenters. The van der Waals surface area contributed by atoms with Crippen LogP contribution < -0.4 is 5.11 Å². The van der Waals surface area contributed by atoms with E-state index in [1.807, 2.05) is 0 Å². The summed E-state index contributed by atoms with van der Waals surface area (Å²) in [7, 11) is 6.89. The molecule has 0 aliphatic carbocycles. The van der Waals surface area contributed by atoms with Crippen molar-refractivity contribution in [1.82, 2.24) is 0 Å². The van der Waals surface area contributed by atoms with Crippen molar-refractivity contribution < 1.29 is 24.3 Å². The maximum Gasteiger partial charge on any atom is 0.351 e. The standard InChI is InChI=1S/C21H46N.C2H2O4/c1-5-6-7-8-9-10-11-12-13-14-15-16-17-18-19-20-21-22(2,3)4;3-1(4)2(5)6/h5-21H2,1-4H3;(H,3,4)(H,5,6)/q+1;/p-1. The Labute approximate surface area is 174 Å². The zero-order valence-corrected chi connectivity index (χ0v) is 19.1. The number of carbonyl (C=O) groups is 2. The number of unbranched alkanes of at least 4 members (excludes halogenated alkanes) is 15. The van der Waals surface area contributed by atoms with E-state index >= 15 is 0 Å². The maximum absolute atomic E-state index is 9.04. The summed E-state index contributed by atoms with van der Waals surface area (Å²) in [4.78, 5) is 18.0. The molecule has 0 bridgehead atoms. The fraction of sp³-hybridized carbons (Fsp3) is 0.913. The molecule has 0 saturated carbocycles. The minimum Gasteiger partial charge on any atom is -0.539 e. The van der Waals surface area contributed by atoms with E-state index in [4.69, 9.17) is 19.8 Å². The second kappa shape index (κ2) is 20.6. The number of carboxylic acid groups (broad SMARTS) is 2. The minimum absolute atomic E-state index is 1.12. The van der Waals surface area contributed by atoms with Gasteiger partial charge in [0.15, 0.2) is 5.97 Å². The quantitative estimate of drug-likeness (QED) is 0.216. The lowest BCUT2D eigenvalue weighted by molar-refractivity contribution is -0.870. The van der Waals surface area contributed by atoms with Gasteiger partial charge in [0.1, 0.15) is 0 Å². The van der Waals surface area contributed by atoms with E-state index in [0.29, 0.717) is 0 Å². The summed E-state index contributed by atoms with van der Waals surface area (Å²) in [5.74, 6) is -4.01. The summed E-state index contributed by atoms with van der Waals surface area (Å²) in [6, 6.07) is 0. The van der Waals surface area contributed by atoms with Gasteiger partial charge in [-0.1, -0.05) is 96.8 Å². The van der Waals surface area contributed by atoms with E-state index in [1.165, 1.54) is 109 Å². The van der Waals surface area contributed by atoms with Crippen molar-refractivity contribution in [2.75, 3.05) is 27.7 Å². The molecule has 0 aromatic rings. The highest BCUT2D eigenvalue weighted by molar-refractivity contribution is 6.26. The van der Waals surface area contributed by atoms with Crippen LogP contribution in [0.4, 0.5) is 0 Å². The van der Waals surface area contributed by atoms with Gasteiger partial charge in [-0.2, -0.15) is 0 Å². The van der Waals surface area contributed by atoms with Crippen molar-refractivity contribution in [3.05, 3.63) is 0 Å². The molecule has 5 heteroatoms. The van der Waals surface area contributed by atoms with Gasteiger partial charge < -0.3 is 19.5 Å². The molecule has 0 heterocycles. The van der Waals surface area contributed by atoms with Gasteiger partial charge in [-0.05, 0) is 12.8 Å². The van der Waals surface area contributed by atoms with Gasteiger partial charge in [0.25, 0.3) is 0 Å². The number of carbonyl (C=O) groups excluding carboxylic acids is 1. The van der Waals surface area contributed by atoms with Crippen molar-refractivity contribution in [2.24, 2.45) is 0 Å². The molecule has 0 rings (SSSR count). The van der Waals surface area contributed by atoms with Crippen LogP contribution in [0.2, 0.25) is 0 Å². The van der Waals surface area contributed by atoms with Crippen LogP contribution in [0.1, 0.15) is 110 Å². The molecule has 0 fully saturated rings. The zero-order valence-electron chi connectivity index (χ0n) is 19.1. The molecule has 28 heavy (non-hydrogen) atoms. The first kappa shape index (κ1) is 29.1. The van der Waals surface area contributed by atoms with Crippen molar-refractivity contribution >= 4 is 11.9 Å². The van der Waals surface area contributed by atoms with Gasteiger partial charge in [-0.3, -0.25) is 0 Å². The molecule has 0 spiro atoms. The largest absolute Gasteiger partial charge is 0.539 e. The molecular weight excluding hydrogens is 354 g/mol. The monoisotopic (exact) mass is 401 g/mol. The summed E-state index contributed by atoms with van der Waals surface area (Å²) in [6.45, 7) is 3.63. The third-order valence-electron chi connectivity index (χ3n) is 4.86. The number of carboxylic acids is 2. The van der Waals surface area contributed by atoms with Crippen LogP contribution in [0.15, 0.2) is 0 Å². The predicted octanol–water partition coefficient (Wildman–Crippen LogP) is 4.78. The molecule has 0 radical (unpaired) electrons. The van der Waals surface area contributed by atoms with Crippen LogP contribution in [0, 0.1) is 0 Å². The van der Waals surface area contributed by atoms with Gasteiger partial charge in [0.2, 0.25) is 0 Å². The topological polar surface area (TPSA) is 77.4 Å². The fourth-order valence-electron chi connectivity index (χ4n) is 3.13. The van der Waals surface area contributed by atoms with E-state index in [1.54, 1.807) is 0 Å². The van der Waals surface area contributed by atoms with E-state index in [-0.39, 0.29) is 0 Å². The number of nitrogens with zero attached hydrogens (tertiary/aromatic N) is 1. The molecule has 0 aliphatic heterocycles. The molecule has 0 saturated heterocycles. The lowest BCUT2D eigenvalue weighted by Gasteiger charge is -2.23. The Morgan fingerprint density at radius 1 is 0.643 bits per heavy atom. The fourth-order valence-corrected chi connectivity index (χ4v) is 3.13. The predicted molar refractivity (Wildman–Crippen MR) is 115 cm³/mol. The molecular formula is C23H47NO4.